The Morgan fingerprint density at radius 1 is 1.33 bits per heavy atom. The largest absolute Gasteiger partial charge is 0.513 e. The van der Waals surface area contributed by atoms with Gasteiger partial charge in [-0.3, -0.25) is 0 Å². The molecular formula is C22H24F3N3O2. The van der Waals surface area contributed by atoms with E-state index in [1.54, 1.807) is 12.2 Å². The van der Waals surface area contributed by atoms with E-state index in [-0.39, 0.29) is 41.5 Å². The summed E-state index contributed by atoms with van der Waals surface area (Å²) in [5, 5.41) is 16.8. The summed E-state index contributed by atoms with van der Waals surface area (Å²) in [5.74, 6) is -0.237. The van der Waals surface area contributed by atoms with Crippen molar-refractivity contribution < 1.29 is 22.7 Å². The fourth-order valence-electron chi connectivity index (χ4n) is 2.90. The Labute approximate surface area is 173 Å². The SMILES string of the molecule is C=C/C=C(\C=C/C)CCc1ccc(-c2nnc(C(N)CC(=C)O)o2)cc1C(F)(F)F. The number of halogens is 3. The number of alkyl halides is 3. The van der Waals surface area contributed by atoms with E-state index >= 15 is 0 Å². The normalized spacial score (nSPS) is 13.6. The summed E-state index contributed by atoms with van der Waals surface area (Å²) in [6, 6.07) is 3.12. The molecule has 1 heterocycles. The van der Waals surface area contributed by atoms with Crippen LogP contribution in [0.2, 0.25) is 0 Å². The number of aliphatic hydroxyl groups is 1. The number of benzene rings is 1. The average Bonchev–Trinajstić information content (AvgIpc) is 3.15. The molecule has 1 atom stereocenters. The van der Waals surface area contributed by atoms with E-state index in [0.717, 1.165) is 11.6 Å². The molecule has 0 amide bonds. The molecule has 0 saturated heterocycles. The van der Waals surface area contributed by atoms with Crippen LogP contribution >= 0.6 is 0 Å². The standard InChI is InChI=1S/C22H24F3N3O2/c1-4-6-15(7-5-2)8-9-16-10-11-17(13-18(16)22(23,24)25)20-27-28-21(30-20)19(26)12-14(3)29/h4-7,10-11,13,19,29H,1,3,8-9,12,26H2,2H3/b7-5-,15-6+. The van der Waals surface area contributed by atoms with E-state index in [0.29, 0.717) is 6.42 Å². The number of hydrogen-bond donors (Lipinski definition) is 2. The van der Waals surface area contributed by atoms with Gasteiger partial charge < -0.3 is 15.3 Å². The van der Waals surface area contributed by atoms with Gasteiger partial charge in [-0.1, -0.05) is 43.5 Å². The maximum atomic E-state index is 13.7. The minimum atomic E-state index is -4.54. The highest BCUT2D eigenvalue weighted by Crippen LogP contribution is 2.36. The third-order valence-corrected chi connectivity index (χ3v) is 4.27. The number of nitrogens with zero attached hydrogens (tertiary/aromatic N) is 2. The van der Waals surface area contributed by atoms with Crippen molar-refractivity contribution in [1.82, 2.24) is 10.2 Å². The smallest absolute Gasteiger partial charge is 0.416 e. The van der Waals surface area contributed by atoms with Crippen LogP contribution in [-0.4, -0.2) is 15.3 Å². The summed E-state index contributed by atoms with van der Waals surface area (Å²) in [6.45, 7) is 8.80. The van der Waals surface area contributed by atoms with Gasteiger partial charge in [0.1, 0.15) is 0 Å². The van der Waals surface area contributed by atoms with E-state index in [2.05, 4.69) is 23.4 Å². The van der Waals surface area contributed by atoms with Gasteiger partial charge in [0.2, 0.25) is 11.8 Å². The monoisotopic (exact) mass is 419 g/mol. The van der Waals surface area contributed by atoms with Crippen LogP contribution in [0.3, 0.4) is 0 Å². The molecule has 0 aliphatic heterocycles. The second kappa shape index (κ2) is 10.1. The summed E-state index contributed by atoms with van der Waals surface area (Å²) < 4.78 is 46.4. The number of nitrogens with two attached hydrogens (primary N) is 1. The molecule has 0 fully saturated rings. The topological polar surface area (TPSA) is 85.2 Å². The lowest BCUT2D eigenvalue weighted by molar-refractivity contribution is -0.138. The summed E-state index contributed by atoms with van der Waals surface area (Å²) in [4.78, 5) is 0. The predicted octanol–water partition coefficient (Wildman–Crippen LogP) is 5.84. The van der Waals surface area contributed by atoms with Crippen LogP contribution in [0.4, 0.5) is 13.2 Å². The maximum absolute atomic E-state index is 13.7. The van der Waals surface area contributed by atoms with E-state index in [9.17, 15) is 18.3 Å². The van der Waals surface area contributed by atoms with Gasteiger partial charge in [0, 0.05) is 12.0 Å². The number of rotatable bonds is 9. The molecule has 1 aromatic heterocycles. The van der Waals surface area contributed by atoms with Gasteiger partial charge in [-0.15, -0.1) is 10.2 Å². The van der Waals surface area contributed by atoms with Crippen molar-refractivity contribution in [3.63, 3.8) is 0 Å². The molecule has 1 aromatic carbocycles. The molecule has 5 nitrogen and oxygen atoms in total. The van der Waals surface area contributed by atoms with Gasteiger partial charge in [-0.05, 0) is 43.0 Å². The van der Waals surface area contributed by atoms with Crippen molar-refractivity contribution in [2.45, 2.75) is 38.4 Å². The number of aryl methyl sites for hydroxylation is 1. The van der Waals surface area contributed by atoms with Crippen LogP contribution in [0.1, 0.15) is 42.8 Å². The minimum absolute atomic E-state index is 0.00113. The Kier molecular flexibility index (Phi) is 7.77. The molecule has 1 unspecified atom stereocenters. The molecule has 0 aliphatic carbocycles. The van der Waals surface area contributed by atoms with E-state index in [1.807, 2.05) is 19.1 Å². The first-order valence-corrected chi connectivity index (χ1v) is 9.26. The van der Waals surface area contributed by atoms with Crippen LogP contribution in [0, 0.1) is 0 Å². The van der Waals surface area contributed by atoms with Gasteiger partial charge in [-0.25, -0.2) is 0 Å². The summed E-state index contributed by atoms with van der Waals surface area (Å²) in [7, 11) is 0. The van der Waals surface area contributed by atoms with Gasteiger partial charge in [0.05, 0.1) is 17.4 Å². The van der Waals surface area contributed by atoms with E-state index in [4.69, 9.17) is 10.2 Å². The Morgan fingerprint density at radius 3 is 2.67 bits per heavy atom. The predicted molar refractivity (Wildman–Crippen MR) is 109 cm³/mol. The number of allylic oxidation sites excluding steroid dienone is 5. The van der Waals surface area contributed by atoms with Crippen molar-refractivity contribution >= 4 is 0 Å². The zero-order chi connectivity index (χ0) is 22.3. The van der Waals surface area contributed by atoms with Crippen molar-refractivity contribution in [3.8, 4) is 11.5 Å². The Hall–Kier alpha value is -3.13. The highest BCUT2D eigenvalue weighted by Gasteiger charge is 2.34. The van der Waals surface area contributed by atoms with E-state index < -0.39 is 17.8 Å². The van der Waals surface area contributed by atoms with Crippen LogP contribution < -0.4 is 5.73 Å². The van der Waals surface area contributed by atoms with E-state index in [1.165, 1.54) is 12.1 Å². The quantitative estimate of drug-likeness (QED) is 0.394. The van der Waals surface area contributed by atoms with Crippen molar-refractivity contribution in [3.05, 3.63) is 84.0 Å². The van der Waals surface area contributed by atoms with Crippen molar-refractivity contribution in [2.75, 3.05) is 0 Å². The van der Waals surface area contributed by atoms with Gasteiger partial charge in [-0.2, -0.15) is 13.2 Å². The molecule has 0 radical (unpaired) electrons. The number of aromatic nitrogens is 2. The molecule has 160 valence electrons. The highest BCUT2D eigenvalue weighted by atomic mass is 19.4. The summed E-state index contributed by atoms with van der Waals surface area (Å²) >= 11 is 0. The van der Waals surface area contributed by atoms with Gasteiger partial charge >= 0.3 is 6.18 Å². The molecule has 8 heteroatoms. The lowest BCUT2D eigenvalue weighted by Gasteiger charge is -2.14. The fraction of sp³-hybridized carbons (Fsp3) is 0.273. The lowest BCUT2D eigenvalue weighted by atomic mass is 9.97. The fourth-order valence-corrected chi connectivity index (χ4v) is 2.90. The zero-order valence-corrected chi connectivity index (χ0v) is 16.6. The van der Waals surface area contributed by atoms with Crippen molar-refractivity contribution in [2.24, 2.45) is 5.73 Å². The molecule has 0 aliphatic rings. The first kappa shape index (κ1) is 23.2. The number of aliphatic hydroxyl groups excluding tert-OH is 1. The third-order valence-electron chi connectivity index (χ3n) is 4.27. The van der Waals surface area contributed by atoms with Gasteiger partial charge in [0.15, 0.2) is 0 Å². The van der Waals surface area contributed by atoms with Crippen LogP contribution in [0.15, 0.2) is 71.4 Å². The Balaban J connectivity index is 2.33. The Bertz CT molecular complexity index is 959. The molecule has 3 N–H and O–H groups in total. The second-order valence-electron chi connectivity index (χ2n) is 6.67. The molecule has 30 heavy (non-hydrogen) atoms. The molecular weight excluding hydrogens is 395 g/mol. The summed E-state index contributed by atoms with van der Waals surface area (Å²) in [6.07, 6.45) is 3.14. The van der Waals surface area contributed by atoms with Crippen LogP contribution in [0.5, 0.6) is 0 Å². The van der Waals surface area contributed by atoms with Crippen LogP contribution in [-0.2, 0) is 12.6 Å². The second-order valence-corrected chi connectivity index (χ2v) is 6.67. The molecule has 2 rings (SSSR count). The molecule has 0 spiro atoms. The third kappa shape index (κ3) is 6.18. The minimum Gasteiger partial charge on any atom is -0.513 e. The first-order chi connectivity index (χ1) is 14.2. The summed E-state index contributed by atoms with van der Waals surface area (Å²) in [5.41, 5.74) is 6.23. The first-order valence-electron chi connectivity index (χ1n) is 9.26. The number of hydrogen-bond acceptors (Lipinski definition) is 5. The highest BCUT2D eigenvalue weighted by molar-refractivity contribution is 5.56. The average molecular weight is 419 g/mol. The lowest BCUT2D eigenvalue weighted by Crippen LogP contribution is -2.11. The Morgan fingerprint density at radius 2 is 2.07 bits per heavy atom. The molecule has 2 aromatic rings. The van der Waals surface area contributed by atoms with Gasteiger partial charge in [0.25, 0.3) is 0 Å². The van der Waals surface area contributed by atoms with Crippen molar-refractivity contribution in [1.29, 1.82) is 0 Å². The van der Waals surface area contributed by atoms with Crippen LogP contribution in [0.25, 0.3) is 11.5 Å². The molecule has 0 bridgehead atoms. The maximum Gasteiger partial charge on any atom is 0.416 e. The zero-order valence-electron chi connectivity index (χ0n) is 16.6. The molecule has 0 saturated carbocycles.